The Morgan fingerprint density at radius 1 is 1.48 bits per heavy atom. The van der Waals surface area contributed by atoms with E-state index >= 15 is 0 Å². The second-order valence-electron chi connectivity index (χ2n) is 4.98. The van der Waals surface area contributed by atoms with Crippen LogP contribution < -0.4 is 10.1 Å². The number of hydrogen-bond acceptors (Lipinski definition) is 4. The fourth-order valence-electron chi connectivity index (χ4n) is 1.98. The Morgan fingerprint density at radius 2 is 2.19 bits per heavy atom. The third-order valence-electron chi connectivity index (χ3n) is 3.29. The highest BCUT2D eigenvalue weighted by Crippen LogP contribution is 2.21. The van der Waals surface area contributed by atoms with E-state index in [2.05, 4.69) is 21.2 Å². The molecule has 0 radical (unpaired) electrons. The van der Waals surface area contributed by atoms with E-state index in [0.717, 1.165) is 0 Å². The third-order valence-corrected chi connectivity index (χ3v) is 3.78. The molecule has 0 aromatic heterocycles. The van der Waals surface area contributed by atoms with Gasteiger partial charge in [0.2, 0.25) is 0 Å². The van der Waals surface area contributed by atoms with Crippen molar-refractivity contribution in [3.8, 4) is 5.75 Å². The molecule has 1 aliphatic heterocycles. The van der Waals surface area contributed by atoms with Crippen molar-refractivity contribution in [2.24, 2.45) is 0 Å². The molecule has 2 rings (SSSR count). The summed E-state index contributed by atoms with van der Waals surface area (Å²) >= 11 is 3.14. The van der Waals surface area contributed by atoms with Gasteiger partial charge in [-0.2, -0.15) is 0 Å². The molecule has 1 fully saturated rings. The number of carbonyl (C=O) groups is 1. The lowest BCUT2D eigenvalue weighted by Crippen LogP contribution is -2.47. The summed E-state index contributed by atoms with van der Waals surface area (Å²) in [4.78, 5) is 11.7. The van der Waals surface area contributed by atoms with E-state index in [1.54, 1.807) is 6.07 Å². The smallest absolute Gasteiger partial charge is 0.258 e. The predicted octanol–water partition coefficient (Wildman–Crippen LogP) is 1.62. The van der Waals surface area contributed by atoms with Gasteiger partial charge in [-0.05, 0) is 18.2 Å². The molecule has 1 aliphatic rings. The van der Waals surface area contributed by atoms with E-state index < -0.39 is 17.3 Å². The summed E-state index contributed by atoms with van der Waals surface area (Å²) in [6.07, 6.45) is 0.963. The van der Waals surface area contributed by atoms with Crippen LogP contribution in [0.5, 0.6) is 5.75 Å². The molecule has 1 amide bonds. The number of aliphatic hydroxyl groups is 1. The molecule has 0 bridgehead atoms. The predicted molar refractivity (Wildman–Crippen MR) is 77.6 cm³/mol. The van der Waals surface area contributed by atoms with Gasteiger partial charge in [-0.15, -0.1) is 0 Å². The van der Waals surface area contributed by atoms with Crippen LogP contribution in [0, 0.1) is 5.82 Å². The maximum Gasteiger partial charge on any atom is 0.258 e. The van der Waals surface area contributed by atoms with Crippen molar-refractivity contribution in [3.05, 3.63) is 28.5 Å². The molecule has 0 aliphatic carbocycles. The van der Waals surface area contributed by atoms with Gasteiger partial charge < -0.3 is 19.9 Å². The molecular weight excluding hydrogens is 345 g/mol. The number of halogens is 2. The quantitative estimate of drug-likeness (QED) is 0.836. The number of rotatable bonds is 5. The van der Waals surface area contributed by atoms with Gasteiger partial charge in [0.15, 0.2) is 18.2 Å². The lowest BCUT2D eigenvalue weighted by molar-refractivity contribution is -0.125. The van der Waals surface area contributed by atoms with Gasteiger partial charge in [-0.3, -0.25) is 4.79 Å². The topological polar surface area (TPSA) is 67.8 Å². The summed E-state index contributed by atoms with van der Waals surface area (Å²) < 4.78 is 24.4. The Balaban J connectivity index is 1.77. The second-order valence-corrected chi connectivity index (χ2v) is 5.89. The van der Waals surface area contributed by atoms with E-state index in [4.69, 9.17) is 9.47 Å². The zero-order valence-corrected chi connectivity index (χ0v) is 13.0. The average Bonchev–Trinajstić information content (AvgIpc) is 2.45. The Morgan fingerprint density at radius 3 is 2.86 bits per heavy atom. The van der Waals surface area contributed by atoms with Crippen molar-refractivity contribution in [1.29, 1.82) is 0 Å². The number of nitrogens with one attached hydrogen (secondary N) is 1. The molecule has 0 saturated carbocycles. The Labute approximate surface area is 130 Å². The van der Waals surface area contributed by atoms with Crippen LogP contribution in [0.15, 0.2) is 22.7 Å². The molecule has 21 heavy (non-hydrogen) atoms. The number of benzene rings is 1. The van der Waals surface area contributed by atoms with Gasteiger partial charge in [0.25, 0.3) is 5.91 Å². The van der Waals surface area contributed by atoms with E-state index in [9.17, 15) is 14.3 Å². The van der Waals surface area contributed by atoms with Crippen molar-refractivity contribution in [3.63, 3.8) is 0 Å². The Kier molecular flexibility index (Phi) is 5.55. The lowest BCUT2D eigenvalue weighted by Gasteiger charge is -2.32. The molecule has 116 valence electrons. The first kappa shape index (κ1) is 16.2. The third kappa shape index (κ3) is 4.94. The highest BCUT2D eigenvalue weighted by molar-refractivity contribution is 9.10. The van der Waals surface area contributed by atoms with E-state index in [0.29, 0.717) is 30.5 Å². The molecule has 5 nitrogen and oxygen atoms in total. The van der Waals surface area contributed by atoms with Crippen LogP contribution in [0.25, 0.3) is 0 Å². The van der Waals surface area contributed by atoms with Crippen LogP contribution >= 0.6 is 15.9 Å². The fourth-order valence-corrected chi connectivity index (χ4v) is 2.31. The van der Waals surface area contributed by atoms with Crippen molar-refractivity contribution in [2.45, 2.75) is 18.4 Å². The monoisotopic (exact) mass is 361 g/mol. The first-order chi connectivity index (χ1) is 9.98. The highest BCUT2D eigenvalue weighted by Gasteiger charge is 2.30. The second kappa shape index (κ2) is 7.20. The van der Waals surface area contributed by atoms with Crippen molar-refractivity contribution < 1.29 is 23.8 Å². The molecule has 1 saturated heterocycles. The Bertz CT molecular complexity index is 506. The van der Waals surface area contributed by atoms with Crippen LogP contribution in [0.4, 0.5) is 4.39 Å². The molecule has 7 heteroatoms. The molecule has 0 spiro atoms. The zero-order chi connectivity index (χ0) is 15.3. The van der Waals surface area contributed by atoms with Crippen molar-refractivity contribution in [1.82, 2.24) is 5.32 Å². The molecule has 1 aromatic rings. The number of amides is 1. The van der Waals surface area contributed by atoms with Gasteiger partial charge >= 0.3 is 0 Å². The minimum absolute atomic E-state index is 0.0122. The van der Waals surface area contributed by atoms with Crippen LogP contribution in [0.3, 0.4) is 0 Å². The number of hydrogen-bond donors (Lipinski definition) is 2. The summed E-state index contributed by atoms with van der Waals surface area (Å²) in [5.74, 6) is -0.935. The summed E-state index contributed by atoms with van der Waals surface area (Å²) in [5, 5.41) is 12.8. The minimum atomic E-state index is -0.934. The van der Waals surface area contributed by atoms with E-state index in [-0.39, 0.29) is 18.9 Å². The minimum Gasteiger partial charge on any atom is -0.481 e. The highest BCUT2D eigenvalue weighted by atomic mass is 79.9. The lowest BCUT2D eigenvalue weighted by atomic mass is 9.94. The largest absolute Gasteiger partial charge is 0.481 e. The Hall–Kier alpha value is -1.18. The first-order valence-electron chi connectivity index (χ1n) is 6.63. The number of carbonyl (C=O) groups excluding carboxylic acids is 1. The normalized spacial score (nSPS) is 17.3. The maximum absolute atomic E-state index is 13.5. The standard InChI is InChI=1S/C14H17BrFNO4/c15-10-1-2-12(11(16)7-10)21-8-13(18)17-9-14(19)3-5-20-6-4-14/h1-2,7,19H,3-6,8-9H2,(H,17,18). The summed E-state index contributed by atoms with van der Waals surface area (Å²) in [7, 11) is 0. The van der Waals surface area contributed by atoms with Crippen LogP contribution in [-0.4, -0.2) is 43.0 Å². The summed E-state index contributed by atoms with van der Waals surface area (Å²) in [6.45, 7) is 0.798. The van der Waals surface area contributed by atoms with Crippen LogP contribution in [0.2, 0.25) is 0 Å². The molecular formula is C14H17BrFNO4. The van der Waals surface area contributed by atoms with Crippen LogP contribution in [0.1, 0.15) is 12.8 Å². The van der Waals surface area contributed by atoms with E-state index in [1.807, 2.05) is 0 Å². The first-order valence-corrected chi connectivity index (χ1v) is 7.42. The molecule has 1 aromatic carbocycles. The summed E-state index contributed by atoms with van der Waals surface area (Å²) in [5.41, 5.74) is -0.934. The molecule has 2 N–H and O–H groups in total. The fraction of sp³-hybridized carbons (Fsp3) is 0.500. The van der Waals surface area contributed by atoms with Crippen LogP contribution in [-0.2, 0) is 9.53 Å². The van der Waals surface area contributed by atoms with Gasteiger partial charge in [0, 0.05) is 37.1 Å². The number of ether oxygens (including phenoxy) is 2. The van der Waals surface area contributed by atoms with Gasteiger partial charge in [0.05, 0.1) is 5.60 Å². The van der Waals surface area contributed by atoms with E-state index in [1.165, 1.54) is 12.1 Å². The average molecular weight is 362 g/mol. The van der Waals surface area contributed by atoms with Gasteiger partial charge in [-0.1, -0.05) is 15.9 Å². The maximum atomic E-state index is 13.5. The SMILES string of the molecule is O=C(COc1ccc(Br)cc1F)NCC1(O)CCOCC1. The summed E-state index contributed by atoms with van der Waals surface area (Å²) in [6, 6.07) is 4.33. The van der Waals surface area contributed by atoms with Crippen molar-refractivity contribution >= 4 is 21.8 Å². The van der Waals surface area contributed by atoms with Gasteiger partial charge in [0.1, 0.15) is 0 Å². The molecule has 0 unspecified atom stereocenters. The zero-order valence-electron chi connectivity index (χ0n) is 11.4. The van der Waals surface area contributed by atoms with Crippen molar-refractivity contribution in [2.75, 3.05) is 26.4 Å². The molecule has 1 heterocycles. The van der Waals surface area contributed by atoms with Gasteiger partial charge in [-0.25, -0.2) is 4.39 Å². The molecule has 0 atom stereocenters.